The number of nitrogens with zero attached hydrogens (tertiary/aromatic N) is 1. The van der Waals surface area contributed by atoms with Crippen LogP contribution in [0.3, 0.4) is 0 Å². The number of anilines is 3. The normalized spacial score (nSPS) is 13.1. The molecule has 0 atom stereocenters. The molecule has 13 aromatic carbocycles. The number of hydrogen-bond acceptors (Lipinski definition) is 1. The Morgan fingerprint density at radius 2 is 0.559 bits per heavy atom. The lowest BCUT2D eigenvalue weighted by molar-refractivity contribution is 0.794. The van der Waals surface area contributed by atoms with Gasteiger partial charge in [0.2, 0.25) is 0 Å². The van der Waals surface area contributed by atoms with Gasteiger partial charge in [-0.05, 0) is 163 Å². The summed E-state index contributed by atoms with van der Waals surface area (Å²) in [6.07, 6.45) is 0. The highest BCUT2D eigenvalue weighted by Crippen LogP contribution is 2.63. The zero-order valence-electron chi connectivity index (χ0n) is 37.1. The van der Waals surface area contributed by atoms with Crippen molar-refractivity contribution in [1.29, 1.82) is 0 Å². The summed E-state index contributed by atoms with van der Waals surface area (Å²) in [5, 5.41) is 15.3. The van der Waals surface area contributed by atoms with E-state index in [1.165, 1.54) is 120 Å². The third-order valence-corrected chi connectivity index (χ3v) is 15.4. The minimum absolute atomic E-state index is 0.406. The van der Waals surface area contributed by atoms with E-state index in [2.05, 4.69) is 254 Å². The summed E-state index contributed by atoms with van der Waals surface area (Å²) in [6, 6.07) is 93.2. The second-order valence-electron chi connectivity index (χ2n) is 18.7. The Hall–Kier alpha value is -8.78. The molecule has 0 fully saturated rings. The van der Waals surface area contributed by atoms with Crippen LogP contribution in [0.2, 0.25) is 0 Å². The van der Waals surface area contributed by atoms with Crippen molar-refractivity contribution in [2.75, 3.05) is 4.90 Å². The van der Waals surface area contributed by atoms with Gasteiger partial charge in [-0.15, -0.1) is 0 Å². The minimum Gasteiger partial charge on any atom is -0.310 e. The maximum Gasteiger partial charge on any atom is 0.0725 e. The zero-order chi connectivity index (χ0) is 44.5. The smallest absolute Gasteiger partial charge is 0.0725 e. The summed E-state index contributed by atoms with van der Waals surface area (Å²) in [5.41, 5.74) is 15.9. The number of fused-ring (bicyclic) bond motifs is 22. The zero-order valence-corrected chi connectivity index (χ0v) is 37.1. The quantitative estimate of drug-likeness (QED) is 0.159. The third-order valence-electron chi connectivity index (χ3n) is 15.4. The third kappa shape index (κ3) is 5.05. The lowest BCUT2D eigenvalue weighted by atomic mass is 9.70. The van der Waals surface area contributed by atoms with Gasteiger partial charge in [0.1, 0.15) is 0 Å². The maximum atomic E-state index is 2.49. The molecule has 0 unspecified atom stereocenters. The van der Waals surface area contributed by atoms with Crippen LogP contribution in [-0.2, 0) is 5.41 Å². The minimum atomic E-state index is -0.406. The van der Waals surface area contributed by atoms with E-state index in [0.29, 0.717) is 0 Å². The molecule has 1 heteroatoms. The fraction of sp³-hybridized carbons (Fsp3) is 0.0149. The van der Waals surface area contributed by atoms with Crippen LogP contribution in [0.25, 0.3) is 98.0 Å². The van der Waals surface area contributed by atoms with Crippen LogP contribution < -0.4 is 4.90 Å². The van der Waals surface area contributed by atoms with Gasteiger partial charge in [0.15, 0.2) is 0 Å². The molecule has 0 bridgehead atoms. The summed E-state index contributed by atoms with van der Waals surface area (Å²) in [4.78, 5) is 2.49. The molecule has 15 rings (SSSR count). The lowest BCUT2D eigenvalue weighted by Gasteiger charge is -2.31. The van der Waals surface area contributed by atoms with Gasteiger partial charge in [-0.3, -0.25) is 0 Å². The second-order valence-corrected chi connectivity index (χ2v) is 18.7. The van der Waals surface area contributed by atoms with Crippen molar-refractivity contribution in [2.45, 2.75) is 5.41 Å². The maximum absolute atomic E-state index is 2.49. The molecule has 1 nitrogen and oxygen atoms in total. The Labute approximate surface area is 394 Å². The monoisotopic (exact) mass is 859 g/mol. The van der Waals surface area contributed by atoms with Crippen LogP contribution in [0.5, 0.6) is 0 Å². The molecule has 314 valence electrons. The van der Waals surface area contributed by atoms with E-state index in [-0.39, 0.29) is 0 Å². The van der Waals surface area contributed by atoms with Crippen molar-refractivity contribution in [2.24, 2.45) is 0 Å². The molecule has 2 aliphatic rings. The highest BCUT2D eigenvalue weighted by Gasteiger charge is 2.51. The highest BCUT2D eigenvalue weighted by atomic mass is 15.1. The first kappa shape index (κ1) is 37.4. The van der Waals surface area contributed by atoms with E-state index in [1.807, 2.05) is 0 Å². The molecular weight excluding hydrogens is 819 g/mol. The molecule has 0 saturated heterocycles. The van der Waals surface area contributed by atoms with E-state index in [9.17, 15) is 0 Å². The first-order valence-corrected chi connectivity index (χ1v) is 23.7. The van der Waals surface area contributed by atoms with E-state index in [4.69, 9.17) is 0 Å². The van der Waals surface area contributed by atoms with Gasteiger partial charge in [0.05, 0.1) is 5.41 Å². The molecule has 0 amide bonds. The average Bonchev–Trinajstić information content (AvgIpc) is 3.88. The number of benzene rings is 13. The van der Waals surface area contributed by atoms with E-state index < -0.39 is 5.41 Å². The van der Waals surface area contributed by atoms with Gasteiger partial charge >= 0.3 is 0 Å². The molecule has 2 aliphatic carbocycles. The Morgan fingerprint density at radius 3 is 1.09 bits per heavy atom. The highest BCUT2D eigenvalue weighted by molar-refractivity contribution is 6.27. The van der Waals surface area contributed by atoms with Crippen LogP contribution in [0.15, 0.2) is 249 Å². The average molecular weight is 860 g/mol. The van der Waals surface area contributed by atoms with E-state index >= 15 is 0 Å². The van der Waals surface area contributed by atoms with Crippen molar-refractivity contribution in [1.82, 2.24) is 0 Å². The molecule has 0 saturated carbocycles. The molecule has 1 spiro atoms. The van der Waals surface area contributed by atoms with Gasteiger partial charge in [0.25, 0.3) is 0 Å². The van der Waals surface area contributed by atoms with Gasteiger partial charge in [-0.1, -0.05) is 206 Å². The lowest BCUT2D eigenvalue weighted by Crippen LogP contribution is -2.25. The molecular formula is C67H41N. The van der Waals surface area contributed by atoms with Crippen LogP contribution >= 0.6 is 0 Å². The van der Waals surface area contributed by atoms with Crippen molar-refractivity contribution in [3.8, 4) is 33.4 Å². The molecule has 0 aliphatic heterocycles. The standard InChI is InChI=1S/C67H41N/c1-3-22-51-47(18-1)49-20-5-7-24-53(49)60-39-43(32-35-55(51)60)42-16-15-17-44(38-42)68(45-33-36-56-52-23-4-2-19-48(52)50-21-6-8-25-54(50)61(56)40-45)46-34-37-66-62(41-46)59-28-11-14-31-65(59)67(66)63-29-12-9-26-57(63)58-27-10-13-30-64(58)67/h1-41H. The van der Waals surface area contributed by atoms with Gasteiger partial charge in [-0.2, -0.15) is 0 Å². The summed E-state index contributed by atoms with van der Waals surface area (Å²) >= 11 is 0. The van der Waals surface area contributed by atoms with Crippen LogP contribution in [0.4, 0.5) is 17.1 Å². The topological polar surface area (TPSA) is 3.24 Å². The van der Waals surface area contributed by atoms with Gasteiger partial charge in [-0.25, -0.2) is 0 Å². The predicted octanol–water partition coefficient (Wildman–Crippen LogP) is 18.1. The molecule has 0 aromatic heterocycles. The first-order valence-electron chi connectivity index (χ1n) is 23.7. The van der Waals surface area contributed by atoms with E-state index in [0.717, 1.165) is 17.1 Å². The van der Waals surface area contributed by atoms with Crippen molar-refractivity contribution in [3.63, 3.8) is 0 Å². The molecule has 68 heavy (non-hydrogen) atoms. The van der Waals surface area contributed by atoms with Crippen molar-refractivity contribution in [3.05, 3.63) is 271 Å². The van der Waals surface area contributed by atoms with Crippen molar-refractivity contribution >= 4 is 81.7 Å². The summed E-state index contributed by atoms with van der Waals surface area (Å²) in [5.74, 6) is 0. The summed E-state index contributed by atoms with van der Waals surface area (Å²) in [6.45, 7) is 0. The summed E-state index contributed by atoms with van der Waals surface area (Å²) < 4.78 is 0. The fourth-order valence-electron chi connectivity index (χ4n) is 12.6. The largest absolute Gasteiger partial charge is 0.310 e. The number of rotatable bonds is 4. The van der Waals surface area contributed by atoms with Gasteiger partial charge < -0.3 is 4.90 Å². The molecule has 13 aromatic rings. The first-order chi connectivity index (χ1) is 33.7. The van der Waals surface area contributed by atoms with Crippen LogP contribution in [0, 0.1) is 0 Å². The Morgan fingerprint density at radius 1 is 0.206 bits per heavy atom. The predicted molar refractivity (Wildman–Crippen MR) is 288 cm³/mol. The second kappa shape index (κ2) is 14.1. The van der Waals surface area contributed by atoms with Crippen molar-refractivity contribution < 1.29 is 0 Å². The summed E-state index contributed by atoms with van der Waals surface area (Å²) in [7, 11) is 0. The molecule has 0 heterocycles. The van der Waals surface area contributed by atoms with Crippen LogP contribution in [0.1, 0.15) is 22.3 Å². The Balaban J connectivity index is 0.972. The van der Waals surface area contributed by atoms with Crippen LogP contribution in [-0.4, -0.2) is 0 Å². The SMILES string of the molecule is c1cc(-c2ccc3c4ccccc4c4ccccc4c3c2)cc(N(c2ccc3c(c2)-c2ccccc2C32c3ccccc3-c3ccccc32)c2ccc3c4ccccc4c4ccccc4c3c2)c1. The molecule has 0 N–H and O–H groups in total. The Kier molecular flexibility index (Phi) is 7.77. The number of hydrogen-bond donors (Lipinski definition) is 0. The molecule has 0 radical (unpaired) electrons. The van der Waals surface area contributed by atoms with E-state index in [1.54, 1.807) is 0 Å². The Bertz CT molecular complexity index is 4170. The fourth-order valence-corrected chi connectivity index (χ4v) is 12.6. The van der Waals surface area contributed by atoms with Gasteiger partial charge in [0, 0.05) is 17.1 Å².